The standard InChI is InChI=1S/C18H19N3O8S/c1-20(2)30(26,27)14-5-6-16(28-3)15(10-14)19-17(22)11-7-12(18(23)29-4)9-13(8-11)21(24)25/h5-10H,1-4H3,(H,19,22). The number of nitrogens with zero attached hydrogens (tertiary/aromatic N) is 2. The molecule has 0 saturated carbocycles. The molecular weight excluding hydrogens is 418 g/mol. The summed E-state index contributed by atoms with van der Waals surface area (Å²) in [6, 6.07) is 6.96. The first kappa shape index (κ1) is 22.8. The normalized spacial score (nSPS) is 11.1. The lowest BCUT2D eigenvalue weighted by Gasteiger charge is -2.15. The molecule has 2 rings (SSSR count). The van der Waals surface area contributed by atoms with Crippen molar-refractivity contribution in [3.63, 3.8) is 0 Å². The minimum Gasteiger partial charge on any atom is -0.495 e. The Labute approximate surface area is 172 Å². The highest BCUT2D eigenvalue weighted by molar-refractivity contribution is 7.89. The van der Waals surface area contributed by atoms with Gasteiger partial charge in [-0.25, -0.2) is 17.5 Å². The molecule has 12 heteroatoms. The van der Waals surface area contributed by atoms with Gasteiger partial charge in [-0.05, 0) is 24.3 Å². The van der Waals surface area contributed by atoms with Gasteiger partial charge >= 0.3 is 5.97 Å². The van der Waals surface area contributed by atoms with Gasteiger partial charge in [0.05, 0.1) is 35.3 Å². The predicted molar refractivity (Wildman–Crippen MR) is 106 cm³/mol. The number of nitrogens with one attached hydrogen (secondary N) is 1. The van der Waals surface area contributed by atoms with Crippen molar-refractivity contribution in [1.29, 1.82) is 0 Å². The fraction of sp³-hybridized carbons (Fsp3) is 0.222. The molecule has 11 nitrogen and oxygen atoms in total. The molecule has 0 bridgehead atoms. The number of nitro groups is 1. The average Bonchev–Trinajstić information content (AvgIpc) is 2.72. The first-order valence-corrected chi connectivity index (χ1v) is 9.75. The van der Waals surface area contributed by atoms with Crippen LogP contribution in [0.5, 0.6) is 5.75 Å². The number of hydrogen-bond donors (Lipinski definition) is 1. The van der Waals surface area contributed by atoms with Gasteiger partial charge in [-0.3, -0.25) is 14.9 Å². The van der Waals surface area contributed by atoms with Gasteiger partial charge in [0.1, 0.15) is 5.75 Å². The third kappa shape index (κ3) is 4.72. The van der Waals surface area contributed by atoms with Crippen molar-refractivity contribution in [3.8, 4) is 5.75 Å². The Balaban J connectivity index is 2.50. The van der Waals surface area contributed by atoms with Crippen molar-refractivity contribution in [1.82, 2.24) is 4.31 Å². The molecule has 1 N–H and O–H groups in total. The van der Waals surface area contributed by atoms with Crippen LogP contribution in [0.3, 0.4) is 0 Å². The maximum atomic E-state index is 12.7. The van der Waals surface area contributed by atoms with E-state index in [1.165, 1.54) is 39.4 Å². The van der Waals surface area contributed by atoms with Crippen LogP contribution in [0, 0.1) is 10.1 Å². The van der Waals surface area contributed by atoms with E-state index >= 15 is 0 Å². The molecule has 0 spiro atoms. The maximum Gasteiger partial charge on any atom is 0.338 e. The lowest BCUT2D eigenvalue weighted by molar-refractivity contribution is -0.384. The zero-order chi connectivity index (χ0) is 22.6. The molecule has 0 heterocycles. The predicted octanol–water partition coefficient (Wildman–Crippen LogP) is 1.89. The maximum absolute atomic E-state index is 12.7. The summed E-state index contributed by atoms with van der Waals surface area (Å²) in [7, 11) is 1.35. The number of ether oxygens (including phenoxy) is 2. The lowest BCUT2D eigenvalue weighted by Crippen LogP contribution is -2.22. The van der Waals surface area contributed by atoms with Crippen molar-refractivity contribution in [2.75, 3.05) is 33.6 Å². The average molecular weight is 437 g/mol. The molecule has 2 aromatic rings. The van der Waals surface area contributed by atoms with E-state index in [1.807, 2.05) is 0 Å². The molecule has 160 valence electrons. The number of nitro benzene ring substituents is 1. The Morgan fingerprint density at radius 3 is 2.23 bits per heavy atom. The van der Waals surface area contributed by atoms with Gasteiger partial charge in [0.2, 0.25) is 10.0 Å². The molecule has 0 aliphatic rings. The van der Waals surface area contributed by atoms with E-state index in [0.29, 0.717) is 0 Å². The van der Waals surface area contributed by atoms with Gasteiger partial charge in [0, 0.05) is 31.8 Å². The van der Waals surface area contributed by atoms with Crippen LogP contribution in [0.15, 0.2) is 41.3 Å². The quantitative estimate of drug-likeness (QED) is 0.393. The molecule has 0 unspecified atom stereocenters. The fourth-order valence-corrected chi connectivity index (χ4v) is 3.36. The van der Waals surface area contributed by atoms with Crippen molar-refractivity contribution in [2.45, 2.75) is 4.90 Å². The van der Waals surface area contributed by atoms with E-state index in [4.69, 9.17) is 4.74 Å². The van der Waals surface area contributed by atoms with Crippen LogP contribution in [0.25, 0.3) is 0 Å². The molecule has 1 amide bonds. The number of hydrogen-bond acceptors (Lipinski definition) is 8. The molecule has 0 atom stereocenters. The summed E-state index contributed by atoms with van der Waals surface area (Å²) in [4.78, 5) is 34.8. The topological polar surface area (TPSA) is 145 Å². The van der Waals surface area contributed by atoms with Gasteiger partial charge in [-0.1, -0.05) is 0 Å². The van der Waals surface area contributed by atoms with Crippen LogP contribution < -0.4 is 10.1 Å². The monoisotopic (exact) mass is 437 g/mol. The number of non-ortho nitro benzene ring substituents is 1. The number of carbonyl (C=O) groups is 2. The second kappa shape index (κ2) is 8.88. The van der Waals surface area contributed by atoms with Crippen molar-refractivity contribution in [2.24, 2.45) is 0 Å². The van der Waals surface area contributed by atoms with Gasteiger partial charge in [0.15, 0.2) is 0 Å². The Morgan fingerprint density at radius 1 is 1.07 bits per heavy atom. The Bertz CT molecular complexity index is 1110. The first-order chi connectivity index (χ1) is 14.0. The first-order valence-electron chi connectivity index (χ1n) is 8.31. The SMILES string of the molecule is COC(=O)c1cc(C(=O)Nc2cc(S(=O)(=O)N(C)C)ccc2OC)cc([N+](=O)[O-])c1. The zero-order valence-electron chi connectivity index (χ0n) is 16.5. The van der Waals surface area contributed by atoms with Crippen LogP contribution in [-0.2, 0) is 14.8 Å². The third-order valence-corrected chi connectivity index (χ3v) is 5.82. The summed E-state index contributed by atoms with van der Waals surface area (Å²) < 4.78 is 35.4. The van der Waals surface area contributed by atoms with Gasteiger partial charge < -0.3 is 14.8 Å². The van der Waals surface area contributed by atoms with Crippen molar-refractivity contribution in [3.05, 3.63) is 57.6 Å². The molecule has 0 radical (unpaired) electrons. The summed E-state index contributed by atoms with van der Waals surface area (Å²) in [6.45, 7) is 0. The van der Waals surface area contributed by atoms with E-state index in [0.717, 1.165) is 29.6 Å². The number of benzene rings is 2. The lowest BCUT2D eigenvalue weighted by atomic mass is 10.1. The number of anilines is 1. The van der Waals surface area contributed by atoms with Crippen LogP contribution in [-0.4, -0.2) is 57.8 Å². The second-order valence-electron chi connectivity index (χ2n) is 6.12. The Morgan fingerprint density at radius 2 is 1.70 bits per heavy atom. The summed E-state index contributed by atoms with van der Waals surface area (Å²) in [6.07, 6.45) is 0. The molecule has 0 fully saturated rings. The molecule has 2 aromatic carbocycles. The number of methoxy groups -OCH3 is 2. The van der Waals surface area contributed by atoms with E-state index in [-0.39, 0.29) is 27.5 Å². The smallest absolute Gasteiger partial charge is 0.338 e. The van der Waals surface area contributed by atoms with E-state index < -0.39 is 32.5 Å². The van der Waals surface area contributed by atoms with Crippen molar-refractivity contribution < 1.29 is 32.4 Å². The summed E-state index contributed by atoms with van der Waals surface area (Å²) in [5.41, 5.74) is -0.851. The highest BCUT2D eigenvalue weighted by Crippen LogP contribution is 2.29. The molecule has 0 aliphatic carbocycles. The molecule has 0 aromatic heterocycles. The third-order valence-electron chi connectivity index (χ3n) is 4.01. The van der Waals surface area contributed by atoms with E-state index in [1.54, 1.807) is 0 Å². The molecule has 0 aliphatic heterocycles. The minimum absolute atomic E-state index is 0.0246. The highest BCUT2D eigenvalue weighted by Gasteiger charge is 2.22. The second-order valence-corrected chi connectivity index (χ2v) is 8.27. The van der Waals surface area contributed by atoms with Gasteiger partial charge in [0.25, 0.3) is 11.6 Å². The zero-order valence-corrected chi connectivity index (χ0v) is 17.3. The number of amides is 1. The van der Waals surface area contributed by atoms with Crippen LogP contribution >= 0.6 is 0 Å². The minimum atomic E-state index is -3.79. The van der Waals surface area contributed by atoms with E-state index in [2.05, 4.69) is 10.1 Å². The fourth-order valence-electron chi connectivity index (χ4n) is 2.43. The van der Waals surface area contributed by atoms with Gasteiger partial charge in [-0.2, -0.15) is 0 Å². The van der Waals surface area contributed by atoms with E-state index in [9.17, 15) is 28.1 Å². The number of rotatable bonds is 7. The molecule has 0 saturated heterocycles. The van der Waals surface area contributed by atoms with Crippen LogP contribution in [0.1, 0.15) is 20.7 Å². The molecule has 30 heavy (non-hydrogen) atoms. The Hall–Kier alpha value is -3.51. The summed E-state index contributed by atoms with van der Waals surface area (Å²) in [5.74, 6) is -1.51. The van der Waals surface area contributed by atoms with Gasteiger partial charge in [-0.15, -0.1) is 0 Å². The van der Waals surface area contributed by atoms with Crippen molar-refractivity contribution >= 4 is 33.3 Å². The number of sulfonamides is 1. The summed E-state index contributed by atoms with van der Waals surface area (Å²) in [5, 5.41) is 13.6. The summed E-state index contributed by atoms with van der Waals surface area (Å²) >= 11 is 0. The Kier molecular flexibility index (Phi) is 6.74. The number of carbonyl (C=O) groups excluding carboxylic acids is 2. The van der Waals surface area contributed by atoms with Crippen LogP contribution in [0.4, 0.5) is 11.4 Å². The molecular formula is C18H19N3O8S. The van der Waals surface area contributed by atoms with Crippen LogP contribution in [0.2, 0.25) is 0 Å². The number of esters is 1. The largest absolute Gasteiger partial charge is 0.495 e. The highest BCUT2D eigenvalue weighted by atomic mass is 32.2.